The molecule has 1 atom stereocenters. The van der Waals surface area contributed by atoms with Crippen LogP contribution in [0.5, 0.6) is 0 Å². The maximum atomic E-state index is 11.8. The number of piperidine rings is 1. The van der Waals surface area contributed by atoms with E-state index in [0.717, 1.165) is 4.90 Å². The van der Waals surface area contributed by atoms with Gasteiger partial charge in [0.2, 0.25) is 0 Å². The highest BCUT2D eigenvalue weighted by Gasteiger charge is 2.36. The van der Waals surface area contributed by atoms with Gasteiger partial charge < -0.3 is 9.84 Å². The van der Waals surface area contributed by atoms with E-state index in [4.69, 9.17) is 9.84 Å². The van der Waals surface area contributed by atoms with Crippen molar-refractivity contribution in [3.63, 3.8) is 0 Å². The third kappa shape index (κ3) is 4.89. The molecule has 1 N–H and O–H groups in total. The van der Waals surface area contributed by atoms with E-state index < -0.39 is 18.1 Å². The van der Waals surface area contributed by atoms with Gasteiger partial charge in [0.15, 0.2) is 0 Å². The predicted molar refractivity (Wildman–Crippen MR) is 67.8 cm³/mol. The number of ether oxygens (including phenoxy) is 1. The fourth-order valence-corrected chi connectivity index (χ4v) is 1.80. The number of carboxylic acids is 1. The number of carboxylic acid groups (broad SMARTS) is 1. The molecule has 0 radical (unpaired) electrons. The van der Waals surface area contributed by atoms with Gasteiger partial charge in [-0.2, -0.15) is 0 Å². The molecule has 1 heterocycles. The first-order valence-corrected chi connectivity index (χ1v) is 6.38. The zero-order chi connectivity index (χ0) is 14.6. The first-order chi connectivity index (χ1) is 8.70. The summed E-state index contributed by atoms with van der Waals surface area (Å²) in [6.45, 7) is 6.45. The summed E-state index contributed by atoms with van der Waals surface area (Å²) in [5.74, 6) is -1.30. The number of carbonyl (C=O) groups excluding carboxylic acids is 2. The topological polar surface area (TPSA) is 83.9 Å². The molecule has 0 saturated carbocycles. The molecule has 1 rings (SSSR count). The Bertz CT molecular complexity index is 372. The van der Waals surface area contributed by atoms with Gasteiger partial charge in [0, 0.05) is 19.4 Å². The molecule has 19 heavy (non-hydrogen) atoms. The Labute approximate surface area is 112 Å². The Morgan fingerprint density at radius 2 is 2.05 bits per heavy atom. The quantitative estimate of drug-likeness (QED) is 0.844. The van der Waals surface area contributed by atoms with Crippen molar-refractivity contribution < 1.29 is 24.2 Å². The molecule has 0 spiro atoms. The van der Waals surface area contributed by atoms with Gasteiger partial charge in [0.25, 0.3) is 0 Å². The number of hydrogen-bond donors (Lipinski definition) is 1. The summed E-state index contributed by atoms with van der Waals surface area (Å²) in [4.78, 5) is 35.3. The minimum absolute atomic E-state index is 0.0460. The SMILES string of the molecule is CC(C)(C)CCOC(=O)N1CCC(=O)CC1C(=O)O. The third-order valence-electron chi connectivity index (χ3n) is 3.03. The molecule has 1 aliphatic heterocycles. The van der Waals surface area contributed by atoms with E-state index in [1.807, 2.05) is 20.8 Å². The Balaban J connectivity index is 2.54. The van der Waals surface area contributed by atoms with Crippen LogP contribution in [0.4, 0.5) is 4.79 Å². The van der Waals surface area contributed by atoms with E-state index in [9.17, 15) is 14.4 Å². The number of amides is 1. The molecule has 1 unspecified atom stereocenters. The summed E-state index contributed by atoms with van der Waals surface area (Å²) in [7, 11) is 0. The highest BCUT2D eigenvalue weighted by atomic mass is 16.6. The van der Waals surface area contributed by atoms with E-state index in [1.165, 1.54) is 0 Å². The lowest BCUT2D eigenvalue weighted by atomic mass is 9.93. The minimum atomic E-state index is -1.17. The molecule has 6 heteroatoms. The van der Waals surface area contributed by atoms with Crippen molar-refractivity contribution in [2.45, 2.75) is 46.1 Å². The number of likely N-dealkylation sites (tertiary alicyclic amines) is 1. The van der Waals surface area contributed by atoms with Crippen molar-refractivity contribution in [3.8, 4) is 0 Å². The average Bonchev–Trinajstić information content (AvgIpc) is 2.26. The van der Waals surface area contributed by atoms with Crippen LogP contribution in [0.1, 0.15) is 40.0 Å². The van der Waals surface area contributed by atoms with Gasteiger partial charge in [-0.3, -0.25) is 9.69 Å². The van der Waals surface area contributed by atoms with E-state index in [1.54, 1.807) is 0 Å². The van der Waals surface area contributed by atoms with Gasteiger partial charge >= 0.3 is 12.1 Å². The van der Waals surface area contributed by atoms with Crippen LogP contribution in [0.15, 0.2) is 0 Å². The first kappa shape index (κ1) is 15.5. The van der Waals surface area contributed by atoms with Crippen LogP contribution in [0, 0.1) is 5.41 Å². The summed E-state index contributed by atoms with van der Waals surface area (Å²) in [6, 6.07) is -1.09. The number of Topliss-reactive ketones (excluding diaryl/α,β-unsaturated/α-hetero) is 1. The second-order valence-corrected chi connectivity index (χ2v) is 5.97. The molecule has 1 saturated heterocycles. The lowest BCUT2D eigenvalue weighted by Crippen LogP contribution is -2.50. The van der Waals surface area contributed by atoms with Crippen LogP contribution in [-0.2, 0) is 14.3 Å². The van der Waals surface area contributed by atoms with Gasteiger partial charge in [-0.25, -0.2) is 9.59 Å². The Hall–Kier alpha value is -1.59. The van der Waals surface area contributed by atoms with E-state index in [2.05, 4.69) is 0 Å². The summed E-state index contributed by atoms with van der Waals surface area (Å²) < 4.78 is 5.09. The smallest absolute Gasteiger partial charge is 0.410 e. The summed E-state index contributed by atoms with van der Waals surface area (Å²) in [5.41, 5.74) is 0.0460. The molecule has 1 aliphatic rings. The molecule has 0 aromatic heterocycles. The molecule has 1 amide bonds. The maximum Gasteiger partial charge on any atom is 0.410 e. The van der Waals surface area contributed by atoms with E-state index in [-0.39, 0.29) is 37.2 Å². The van der Waals surface area contributed by atoms with Crippen molar-refractivity contribution >= 4 is 17.8 Å². The monoisotopic (exact) mass is 271 g/mol. The molecule has 6 nitrogen and oxygen atoms in total. The summed E-state index contributed by atoms with van der Waals surface area (Å²) in [6.07, 6.45) is 0.106. The molecule has 0 bridgehead atoms. The standard InChI is InChI=1S/C13H21NO5/c1-13(2,3)5-7-19-12(18)14-6-4-9(15)8-10(14)11(16)17/h10H,4-8H2,1-3H3,(H,16,17). The fraction of sp³-hybridized carbons (Fsp3) is 0.769. The number of hydrogen-bond acceptors (Lipinski definition) is 4. The van der Waals surface area contributed by atoms with Crippen molar-refractivity contribution in [1.29, 1.82) is 0 Å². The van der Waals surface area contributed by atoms with Crippen LogP contribution in [0.3, 0.4) is 0 Å². The number of carbonyl (C=O) groups is 3. The second kappa shape index (κ2) is 6.04. The minimum Gasteiger partial charge on any atom is -0.480 e. The van der Waals surface area contributed by atoms with Crippen molar-refractivity contribution in [2.75, 3.05) is 13.2 Å². The highest BCUT2D eigenvalue weighted by Crippen LogP contribution is 2.20. The predicted octanol–water partition coefficient (Wildman–Crippen LogP) is 1.68. The number of nitrogens with zero attached hydrogens (tertiary/aromatic N) is 1. The van der Waals surface area contributed by atoms with Crippen LogP contribution >= 0.6 is 0 Å². The van der Waals surface area contributed by atoms with Crippen LogP contribution in [0.2, 0.25) is 0 Å². The summed E-state index contributed by atoms with van der Waals surface area (Å²) >= 11 is 0. The van der Waals surface area contributed by atoms with Crippen LogP contribution in [-0.4, -0.2) is 47.0 Å². The lowest BCUT2D eigenvalue weighted by molar-refractivity contribution is -0.146. The van der Waals surface area contributed by atoms with Crippen molar-refractivity contribution in [2.24, 2.45) is 5.41 Å². The molecule has 108 valence electrons. The van der Waals surface area contributed by atoms with Gasteiger partial charge in [-0.05, 0) is 11.8 Å². The zero-order valence-electron chi connectivity index (χ0n) is 11.6. The van der Waals surface area contributed by atoms with Gasteiger partial charge in [0.05, 0.1) is 6.61 Å². The number of ketones is 1. The number of aliphatic carboxylic acids is 1. The van der Waals surface area contributed by atoms with Crippen molar-refractivity contribution in [1.82, 2.24) is 4.90 Å². The normalized spacial score (nSPS) is 20.3. The highest BCUT2D eigenvalue weighted by molar-refractivity contribution is 5.90. The van der Waals surface area contributed by atoms with Crippen molar-refractivity contribution in [3.05, 3.63) is 0 Å². The van der Waals surface area contributed by atoms with Crippen LogP contribution in [0.25, 0.3) is 0 Å². The molecule has 0 aromatic rings. The molecule has 0 aliphatic carbocycles. The Morgan fingerprint density at radius 3 is 2.58 bits per heavy atom. The molecule has 1 fully saturated rings. The third-order valence-corrected chi connectivity index (χ3v) is 3.03. The van der Waals surface area contributed by atoms with E-state index >= 15 is 0 Å². The van der Waals surface area contributed by atoms with E-state index in [0.29, 0.717) is 6.42 Å². The lowest BCUT2D eigenvalue weighted by Gasteiger charge is -2.31. The fourth-order valence-electron chi connectivity index (χ4n) is 1.80. The summed E-state index contributed by atoms with van der Waals surface area (Å²) in [5, 5.41) is 9.03. The maximum absolute atomic E-state index is 11.8. The van der Waals surface area contributed by atoms with Gasteiger partial charge in [0.1, 0.15) is 11.8 Å². The first-order valence-electron chi connectivity index (χ1n) is 6.38. The second-order valence-electron chi connectivity index (χ2n) is 5.97. The zero-order valence-corrected chi connectivity index (χ0v) is 11.6. The molecule has 0 aromatic carbocycles. The average molecular weight is 271 g/mol. The van der Waals surface area contributed by atoms with Crippen LogP contribution < -0.4 is 0 Å². The number of rotatable bonds is 3. The Kier molecular flexibility index (Phi) is 4.91. The largest absolute Gasteiger partial charge is 0.480 e. The molecular formula is C13H21NO5. The van der Waals surface area contributed by atoms with Gasteiger partial charge in [-0.15, -0.1) is 0 Å². The Morgan fingerprint density at radius 1 is 1.42 bits per heavy atom. The van der Waals surface area contributed by atoms with Gasteiger partial charge in [-0.1, -0.05) is 20.8 Å². The molecular weight excluding hydrogens is 250 g/mol.